The van der Waals surface area contributed by atoms with Crippen molar-refractivity contribution in [3.8, 4) is 62.1 Å². The first kappa shape index (κ1) is 34.8. The Morgan fingerprint density at radius 2 is 0.738 bits per heavy atom. The van der Waals surface area contributed by atoms with Gasteiger partial charge < -0.3 is 9.13 Å². The van der Waals surface area contributed by atoms with Crippen LogP contribution in [0.3, 0.4) is 0 Å². The topological polar surface area (TPSA) is 29.5 Å². The minimum atomic E-state index is 1.02. The maximum atomic E-state index is 3.90. The van der Waals surface area contributed by atoms with Gasteiger partial charge in [0.25, 0.3) is 5.82 Å². The molecular formula is C57H39N4+. The molecule has 0 aliphatic carbocycles. The van der Waals surface area contributed by atoms with E-state index in [1.807, 2.05) is 0 Å². The van der Waals surface area contributed by atoms with Crippen LogP contribution >= 0.6 is 0 Å². The number of nitrogens with zero attached hydrogens (tertiary/aromatic N) is 3. The van der Waals surface area contributed by atoms with Gasteiger partial charge in [-0.2, -0.15) is 4.57 Å². The van der Waals surface area contributed by atoms with Crippen molar-refractivity contribution >= 4 is 43.6 Å². The third kappa shape index (κ3) is 5.72. The Balaban J connectivity index is 0.987. The quantitative estimate of drug-likeness (QED) is 0.156. The van der Waals surface area contributed by atoms with Gasteiger partial charge in [0.2, 0.25) is 0 Å². The molecule has 4 nitrogen and oxygen atoms in total. The molecule has 4 heteroatoms. The summed E-state index contributed by atoms with van der Waals surface area (Å²) in [5.41, 5.74) is 16.1. The number of hydrogen-bond acceptors (Lipinski definition) is 0. The van der Waals surface area contributed by atoms with E-state index in [1.54, 1.807) is 0 Å². The second kappa shape index (κ2) is 14.3. The summed E-state index contributed by atoms with van der Waals surface area (Å²) in [4.78, 5) is 3.90. The molecule has 0 saturated carbocycles. The molecule has 9 aromatic carbocycles. The highest BCUT2D eigenvalue weighted by Crippen LogP contribution is 2.39. The van der Waals surface area contributed by atoms with Crippen molar-refractivity contribution in [1.29, 1.82) is 0 Å². The lowest BCUT2D eigenvalue weighted by Crippen LogP contribution is -2.33. The molecular weight excluding hydrogens is 741 g/mol. The van der Waals surface area contributed by atoms with Crippen LogP contribution in [0, 0.1) is 0 Å². The smallest absolute Gasteiger partial charge is 0.292 e. The summed E-state index contributed by atoms with van der Waals surface area (Å²) in [6.07, 6.45) is 0. The van der Waals surface area contributed by atoms with Crippen LogP contribution in [0.25, 0.3) is 106 Å². The molecule has 12 rings (SSSR count). The highest BCUT2D eigenvalue weighted by atomic mass is 15.1. The summed E-state index contributed by atoms with van der Waals surface area (Å²) in [7, 11) is 0. The fourth-order valence-corrected chi connectivity index (χ4v) is 9.38. The van der Waals surface area contributed by atoms with Gasteiger partial charge in [-0.25, -0.2) is 4.98 Å². The molecule has 0 spiro atoms. The van der Waals surface area contributed by atoms with E-state index in [4.69, 9.17) is 0 Å². The molecule has 12 aromatic rings. The summed E-state index contributed by atoms with van der Waals surface area (Å²) in [6.45, 7) is 0. The van der Waals surface area contributed by atoms with Gasteiger partial charge in [0, 0.05) is 44.0 Å². The van der Waals surface area contributed by atoms with Crippen LogP contribution < -0.4 is 4.57 Å². The first-order chi connectivity index (χ1) is 30.3. The SMILES string of the molecule is c1ccc(-c2[nH]c(-c3ccc(-n4c5ccccc5c5cc(-c6ccc7c(c6)c6ccccc6n7-c6ccccc6)ccc54)cc3)[n+](-c3ccccc3)c2-c2ccccc2)cc1. The van der Waals surface area contributed by atoms with Crippen LogP contribution in [0.15, 0.2) is 231 Å². The highest BCUT2D eigenvalue weighted by molar-refractivity contribution is 6.12. The molecule has 0 saturated heterocycles. The summed E-state index contributed by atoms with van der Waals surface area (Å²) >= 11 is 0. The largest absolute Gasteiger partial charge is 0.309 e. The third-order valence-electron chi connectivity index (χ3n) is 12.1. The number of aromatic amines is 1. The number of hydrogen-bond donors (Lipinski definition) is 1. The summed E-state index contributed by atoms with van der Waals surface area (Å²) in [6, 6.07) is 83.0. The number of rotatable bonds is 7. The molecule has 1 N–H and O–H groups in total. The maximum Gasteiger partial charge on any atom is 0.292 e. The van der Waals surface area contributed by atoms with Gasteiger partial charge in [-0.15, -0.1) is 0 Å². The molecule has 0 unspecified atom stereocenters. The van der Waals surface area contributed by atoms with Gasteiger partial charge >= 0.3 is 0 Å². The van der Waals surface area contributed by atoms with Crippen LogP contribution in [-0.2, 0) is 0 Å². The Hall–Kier alpha value is -8.21. The molecule has 0 bridgehead atoms. The Bertz CT molecular complexity index is 3540. The van der Waals surface area contributed by atoms with Crippen LogP contribution in [-0.4, -0.2) is 14.1 Å². The molecule has 0 fully saturated rings. The van der Waals surface area contributed by atoms with Gasteiger partial charge in [0.15, 0.2) is 11.4 Å². The molecule has 3 heterocycles. The van der Waals surface area contributed by atoms with E-state index in [2.05, 4.69) is 249 Å². The van der Waals surface area contributed by atoms with Crippen LogP contribution in [0.4, 0.5) is 0 Å². The number of imidazole rings is 1. The third-order valence-corrected chi connectivity index (χ3v) is 12.1. The van der Waals surface area contributed by atoms with Crippen molar-refractivity contribution in [3.63, 3.8) is 0 Å². The maximum absolute atomic E-state index is 3.90. The number of para-hydroxylation sites is 4. The second-order valence-electron chi connectivity index (χ2n) is 15.7. The molecule has 0 aliphatic rings. The Morgan fingerprint density at radius 3 is 1.30 bits per heavy atom. The van der Waals surface area contributed by atoms with E-state index >= 15 is 0 Å². The average molecular weight is 780 g/mol. The lowest BCUT2D eigenvalue weighted by molar-refractivity contribution is -0.570. The lowest BCUT2D eigenvalue weighted by atomic mass is 10.0. The Labute approximate surface area is 353 Å². The zero-order valence-corrected chi connectivity index (χ0v) is 33.3. The van der Waals surface area contributed by atoms with E-state index < -0.39 is 0 Å². The molecule has 286 valence electrons. The van der Waals surface area contributed by atoms with Crippen molar-refractivity contribution in [2.75, 3.05) is 0 Å². The highest BCUT2D eigenvalue weighted by Gasteiger charge is 2.29. The average Bonchev–Trinajstić information content (AvgIpc) is 4.01. The van der Waals surface area contributed by atoms with Crippen molar-refractivity contribution in [1.82, 2.24) is 14.1 Å². The fraction of sp³-hybridized carbons (Fsp3) is 0. The monoisotopic (exact) mass is 779 g/mol. The summed E-state index contributed by atoms with van der Waals surface area (Å²) in [5.74, 6) is 1.02. The predicted molar refractivity (Wildman–Crippen MR) is 253 cm³/mol. The van der Waals surface area contributed by atoms with Crippen LogP contribution in [0.1, 0.15) is 0 Å². The van der Waals surface area contributed by atoms with E-state index in [0.29, 0.717) is 0 Å². The van der Waals surface area contributed by atoms with Gasteiger partial charge in [0.05, 0.1) is 27.6 Å². The zero-order chi connectivity index (χ0) is 40.3. The fourth-order valence-electron chi connectivity index (χ4n) is 9.38. The number of H-pyrrole nitrogens is 1. The minimum Gasteiger partial charge on any atom is -0.309 e. The van der Waals surface area contributed by atoms with Gasteiger partial charge in [-0.1, -0.05) is 146 Å². The van der Waals surface area contributed by atoms with Gasteiger partial charge in [-0.3, -0.25) is 0 Å². The van der Waals surface area contributed by atoms with Gasteiger partial charge in [0.1, 0.15) is 5.69 Å². The van der Waals surface area contributed by atoms with E-state index in [0.717, 1.165) is 45.3 Å². The second-order valence-corrected chi connectivity index (χ2v) is 15.7. The van der Waals surface area contributed by atoms with Crippen LogP contribution in [0.2, 0.25) is 0 Å². The molecule has 0 amide bonds. The van der Waals surface area contributed by atoms with E-state index in [9.17, 15) is 0 Å². The minimum absolute atomic E-state index is 1.02. The Morgan fingerprint density at radius 1 is 0.311 bits per heavy atom. The number of fused-ring (bicyclic) bond motifs is 6. The van der Waals surface area contributed by atoms with Gasteiger partial charge in [-0.05, 0) is 96.1 Å². The molecule has 0 atom stereocenters. The number of benzene rings is 9. The molecule has 0 radical (unpaired) electrons. The Kier molecular flexibility index (Phi) is 8.13. The lowest BCUT2D eigenvalue weighted by Gasteiger charge is -2.10. The predicted octanol–water partition coefficient (Wildman–Crippen LogP) is 14.2. The number of nitrogens with one attached hydrogen (secondary N) is 1. The molecule has 3 aromatic heterocycles. The number of aromatic nitrogens is 4. The van der Waals surface area contributed by atoms with Crippen molar-refractivity contribution in [3.05, 3.63) is 231 Å². The summed E-state index contributed by atoms with van der Waals surface area (Å²) < 4.78 is 7.14. The molecule has 0 aliphatic heterocycles. The van der Waals surface area contributed by atoms with Crippen molar-refractivity contribution < 1.29 is 4.57 Å². The van der Waals surface area contributed by atoms with Crippen molar-refractivity contribution in [2.45, 2.75) is 0 Å². The van der Waals surface area contributed by atoms with Crippen LogP contribution in [0.5, 0.6) is 0 Å². The van der Waals surface area contributed by atoms with E-state index in [-0.39, 0.29) is 0 Å². The van der Waals surface area contributed by atoms with Crippen molar-refractivity contribution in [2.24, 2.45) is 0 Å². The van der Waals surface area contributed by atoms with E-state index in [1.165, 1.54) is 60.4 Å². The standard InChI is InChI=1S/C57H38N4/c1-5-17-39(18-6-1)55-56(40-19-7-2-8-20-40)61(45-23-11-4-12-24-45)57(58-55)41-29-33-46(34-30-41)60-52-28-16-14-26-48(52)50-38-43(32-36-54(50)60)42-31-35-53-49(37-42)47-25-13-15-27-51(47)59(53)44-21-9-3-10-22-44/h1-38H/p+1. The first-order valence-electron chi connectivity index (χ1n) is 20.9. The zero-order valence-electron chi connectivity index (χ0n) is 33.3. The first-order valence-corrected chi connectivity index (χ1v) is 20.9. The molecule has 61 heavy (non-hydrogen) atoms. The normalized spacial score (nSPS) is 11.6. The summed E-state index contributed by atoms with van der Waals surface area (Å²) in [5, 5.41) is 4.97.